The van der Waals surface area contributed by atoms with E-state index in [1.54, 1.807) is 0 Å². The van der Waals surface area contributed by atoms with E-state index in [0.717, 1.165) is 18.4 Å². The third kappa shape index (κ3) is 6.08. The van der Waals surface area contributed by atoms with Crippen LogP contribution in [0.15, 0.2) is 36.4 Å². The lowest BCUT2D eigenvalue weighted by molar-refractivity contribution is -0.146. The predicted molar refractivity (Wildman–Crippen MR) is 104 cm³/mol. The van der Waals surface area contributed by atoms with Crippen LogP contribution in [-0.2, 0) is 22.3 Å². The molecule has 2 aromatic rings. The van der Waals surface area contributed by atoms with Gasteiger partial charge in [0.1, 0.15) is 11.8 Å². The Kier molecular flexibility index (Phi) is 7.18. The summed E-state index contributed by atoms with van der Waals surface area (Å²) >= 11 is 5.59. The summed E-state index contributed by atoms with van der Waals surface area (Å²) in [5.41, 5.74) is -0.412. The van der Waals surface area contributed by atoms with Gasteiger partial charge in [-0.1, -0.05) is 48.4 Å². The molecule has 0 spiro atoms. The molecule has 0 unspecified atom stereocenters. The van der Waals surface area contributed by atoms with Gasteiger partial charge in [-0.15, -0.1) is 0 Å². The van der Waals surface area contributed by atoms with Gasteiger partial charge in [-0.2, -0.15) is 13.2 Å². The summed E-state index contributed by atoms with van der Waals surface area (Å²) in [7, 11) is 0. The Morgan fingerprint density at radius 1 is 1.23 bits per heavy atom. The molecule has 1 aliphatic carbocycles. The van der Waals surface area contributed by atoms with Crippen LogP contribution in [0.2, 0.25) is 5.15 Å². The van der Waals surface area contributed by atoms with Gasteiger partial charge >= 0.3 is 12.1 Å². The van der Waals surface area contributed by atoms with Crippen LogP contribution in [0.25, 0.3) is 0 Å². The summed E-state index contributed by atoms with van der Waals surface area (Å²) in [6.07, 6.45) is -1.68. The van der Waals surface area contributed by atoms with Crippen LogP contribution in [0.5, 0.6) is 0 Å². The second-order valence-electron chi connectivity index (χ2n) is 7.38. The molecule has 1 aromatic carbocycles. The second-order valence-corrected chi connectivity index (χ2v) is 7.74. The van der Waals surface area contributed by atoms with Crippen molar-refractivity contribution in [1.82, 2.24) is 4.98 Å². The van der Waals surface area contributed by atoms with Gasteiger partial charge in [0.25, 0.3) is 0 Å². The number of anilines is 1. The average Bonchev–Trinajstić information content (AvgIpc) is 2.69. The first kappa shape index (κ1) is 22.3. The summed E-state index contributed by atoms with van der Waals surface area (Å²) in [6, 6.07) is 9.46. The molecule has 30 heavy (non-hydrogen) atoms. The molecule has 2 atom stereocenters. The minimum atomic E-state index is -4.78. The first-order chi connectivity index (χ1) is 14.2. The Morgan fingerprint density at radius 3 is 2.67 bits per heavy atom. The highest BCUT2D eigenvalue weighted by atomic mass is 35.5. The van der Waals surface area contributed by atoms with Crippen molar-refractivity contribution in [3.8, 4) is 0 Å². The van der Waals surface area contributed by atoms with Gasteiger partial charge in [-0.3, -0.25) is 4.79 Å². The van der Waals surface area contributed by atoms with E-state index in [-0.39, 0.29) is 36.8 Å². The molecule has 0 saturated heterocycles. The van der Waals surface area contributed by atoms with Gasteiger partial charge in [0, 0.05) is 12.5 Å². The fourth-order valence-electron chi connectivity index (χ4n) is 3.60. The second kappa shape index (κ2) is 9.64. The number of benzene rings is 1. The number of aromatic nitrogens is 1. The lowest BCUT2D eigenvalue weighted by Crippen LogP contribution is -2.29. The van der Waals surface area contributed by atoms with Crippen LogP contribution >= 0.6 is 11.6 Å². The molecule has 1 aliphatic rings. The van der Waals surface area contributed by atoms with E-state index in [1.807, 2.05) is 30.3 Å². The third-order valence-corrected chi connectivity index (χ3v) is 5.34. The largest absolute Gasteiger partial charge is 0.461 e. The number of rotatable bonds is 6. The van der Waals surface area contributed by atoms with E-state index in [2.05, 4.69) is 10.3 Å². The Balaban J connectivity index is 1.55. The Labute approximate surface area is 176 Å². The molecule has 4 nitrogen and oxygen atoms in total. The molecule has 1 heterocycles. The van der Waals surface area contributed by atoms with E-state index >= 15 is 0 Å². The number of pyridine rings is 1. The summed E-state index contributed by atoms with van der Waals surface area (Å²) in [5.74, 6) is -1.71. The Morgan fingerprint density at radius 2 is 1.97 bits per heavy atom. The molecule has 0 aliphatic heterocycles. The van der Waals surface area contributed by atoms with E-state index in [9.17, 15) is 22.4 Å². The minimum Gasteiger partial charge on any atom is -0.461 e. The van der Waals surface area contributed by atoms with Crippen molar-refractivity contribution >= 4 is 23.4 Å². The zero-order valence-electron chi connectivity index (χ0n) is 16.0. The number of esters is 1. The number of halogens is 5. The molecule has 1 N–H and O–H groups in total. The number of carbonyl (C=O) groups excluding carboxylic acids is 1. The first-order valence-corrected chi connectivity index (χ1v) is 9.99. The maximum atomic E-state index is 14.1. The van der Waals surface area contributed by atoms with Crippen molar-refractivity contribution in [3.63, 3.8) is 0 Å². The fraction of sp³-hybridized carbons (Fsp3) is 0.429. The zero-order valence-corrected chi connectivity index (χ0v) is 16.8. The van der Waals surface area contributed by atoms with Crippen LogP contribution in [0.1, 0.15) is 43.2 Å². The number of hydrogen-bond acceptors (Lipinski definition) is 4. The SMILES string of the molecule is O=C(C[C@@H]1CCC[C@H](Nc2nc(Cl)c(C(F)(F)F)cc2F)C1)OCc1ccccc1. The van der Waals surface area contributed by atoms with E-state index in [4.69, 9.17) is 16.3 Å². The average molecular weight is 445 g/mol. The standard InChI is InChI=1S/C21H21ClF4N2O2/c22-19-16(21(24,25)26)11-17(23)20(28-19)27-15-8-4-7-14(9-15)10-18(29)30-12-13-5-2-1-3-6-13/h1-3,5-6,11,14-15H,4,7-10,12H2,(H,27,28)/t14-,15+/m1/s1. The van der Waals surface area contributed by atoms with Gasteiger partial charge in [0.05, 0.1) is 5.56 Å². The van der Waals surface area contributed by atoms with Crippen LogP contribution in [0, 0.1) is 11.7 Å². The lowest BCUT2D eigenvalue weighted by Gasteiger charge is -2.29. The molecule has 0 amide bonds. The van der Waals surface area contributed by atoms with Crippen LogP contribution in [-0.4, -0.2) is 17.0 Å². The Bertz CT molecular complexity index is 877. The van der Waals surface area contributed by atoms with E-state index in [0.29, 0.717) is 18.9 Å². The maximum Gasteiger partial charge on any atom is 0.419 e. The smallest absolute Gasteiger partial charge is 0.419 e. The number of alkyl halides is 3. The monoisotopic (exact) mass is 444 g/mol. The molecule has 0 radical (unpaired) electrons. The predicted octanol–water partition coefficient (Wildman–Crippen LogP) is 6.00. The highest BCUT2D eigenvalue weighted by molar-refractivity contribution is 6.30. The van der Waals surface area contributed by atoms with Crippen molar-refractivity contribution < 1.29 is 27.1 Å². The number of nitrogens with zero attached hydrogens (tertiary/aromatic N) is 1. The van der Waals surface area contributed by atoms with Crippen molar-refractivity contribution in [1.29, 1.82) is 0 Å². The molecule has 1 aromatic heterocycles. The lowest BCUT2D eigenvalue weighted by atomic mass is 9.84. The molecule has 0 bridgehead atoms. The first-order valence-electron chi connectivity index (χ1n) is 9.61. The van der Waals surface area contributed by atoms with E-state index < -0.39 is 22.7 Å². The van der Waals surface area contributed by atoms with Crippen LogP contribution < -0.4 is 5.32 Å². The normalized spacial score (nSPS) is 19.4. The van der Waals surface area contributed by atoms with Gasteiger partial charge in [0.15, 0.2) is 11.6 Å². The molecule has 1 saturated carbocycles. The van der Waals surface area contributed by atoms with Gasteiger partial charge < -0.3 is 10.1 Å². The third-order valence-electron chi connectivity index (χ3n) is 5.06. The van der Waals surface area contributed by atoms with Crippen LogP contribution in [0.3, 0.4) is 0 Å². The quantitative estimate of drug-likeness (QED) is 0.337. The summed E-state index contributed by atoms with van der Waals surface area (Å²) < 4.78 is 57.9. The molecular formula is C21H21ClF4N2O2. The molecule has 9 heteroatoms. The summed E-state index contributed by atoms with van der Waals surface area (Å²) in [5, 5.41) is 2.04. The molecular weight excluding hydrogens is 424 g/mol. The van der Waals surface area contributed by atoms with Crippen molar-refractivity contribution in [2.24, 2.45) is 5.92 Å². The molecule has 3 rings (SSSR count). The fourth-order valence-corrected chi connectivity index (χ4v) is 3.85. The maximum absolute atomic E-state index is 14.1. The zero-order chi connectivity index (χ0) is 21.7. The van der Waals surface area contributed by atoms with Gasteiger partial charge in [-0.05, 0) is 36.8 Å². The number of carbonyl (C=O) groups is 1. The highest BCUT2D eigenvalue weighted by Gasteiger charge is 2.35. The van der Waals surface area contributed by atoms with Crippen molar-refractivity contribution in [3.05, 3.63) is 58.5 Å². The van der Waals surface area contributed by atoms with E-state index in [1.165, 1.54) is 0 Å². The number of hydrogen-bond donors (Lipinski definition) is 1. The molecule has 162 valence electrons. The van der Waals surface area contributed by atoms with Gasteiger partial charge in [0.2, 0.25) is 0 Å². The molecule has 1 fully saturated rings. The topological polar surface area (TPSA) is 51.2 Å². The highest BCUT2D eigenvalue weighted by Crippen LogP contribution is 2.36. The summed E-state index contributed by atoms with van der Waals surface area (Å²) in [4.78, 5) is 15.7. The Hall–Kier alpha value is -2.35. The van der Waals surface area contributed by atoms with Crippen LogP contribution in [0.4, 0.5) is 23.4 Å². The van der Waals surface area contributed by atoms with Gasteiger partial charge in [-0.25, -0.2) is 9.37 Å². The van der Waals surface area contributed by atoms with Crippen molar-refractivity contribution in [2.75, 3.05) is 5.32 Å². The van der Waals surface area contributed by atoms with Crippen molar-refractivity contribution in [2.45, 2.75) is 50.9 Å². The minimum absolute atomic E-state index is 0.0347. The number of nitrogens with one attached hydrogen (secondary N) is 1. The number of ether oxygens (including phenoxy) is 1. The summed E-state index contributed by atoms with van der Waals surface area (Å²) in [6.45, 7) is 0.202.